The number of aliphatic hydroxyl groups excluding tert-OH is 2. The molecule has 0 aromatic heterocycles. The van der Waals surface area contributed by atoms with E-state index in [1.54, 1.807) is 11.9 Å². The number of aliphatic hydroxyl groups is 3. The molecule has 1 aliphatic heterocycles. The summed E-state index contributed by atoms with van der Waals surface area (Å²) in [5.41, 5.74) is 0.411. The molecule has 11 nitrogen and oxygen atoms in total. The van der Waals surface area contributed by atoms with Crippen molar-refractivity contribution in [1.29, 1.82) is 0 Å². The minimum Gasteiger partial charge on any atom is -0.511 e. The molecule has 1 unspecified atom stereocenters. The number of nitrogens with zero attached hydrogens (tertiary/aromatic N) is 1. The first-order chi connectivity index (χ1) is 18.2. The van der Waals surface area contributed by atoms with Gasteiger partial charge in [-0.2, -0.15) is 0 Å². The molecule has 208 valence electrons. The number of hydrogen-bond acceptors (Lipinski definition) is 9. The predicted molar refractivity (Wildman–Crippen MR) is 134 cm³/mol. The van der Waals surface area contributed by atoms with Crippen molar-refractivity contribution in [2.75, 3.05) is 12.4 Å². The number of aromatic hydroxyl groups is 1. The zero-order valence-corrected chi connectivity index (χ0v) is 21.7. The number of carbonyl (C=O) groups excluding carboxylic acids is 4. The van der Waals surface area contributed by atoms with Crippen LogP contribution in [-0.2, 0) is 27.3 Å². The number of primary amides is 1. The summed E-state index contributed by atoms with van der Waals surface area (Å²) < 4.78 is 16.1. The Morgan fingerprint density at radius 2 is 1.87 bits per heavy atom. The van der Waals surface area contributed by atoms with Gasteiger partial charge in [0.05, 0.1) is 17.3 Å². The van der Waals surface area contributed by atoms with E-state index in [0.717, 1.165) is 0 Å². The number of halogens is 1. The van der Waals surface area contributed by atoms with E-state index < -0.39 is 86.7 Å². The maximum absolute atomic E-state index is 16.1. The molecule has 4 aliphatic rings. The Hall–Kier alpha value is -3.77. The number of Topliss-reactive ketones (excluding diaryl/α,β-unsaturated/α-hetero) is 2. The molecule has 2 amide bonds. The average molecular weight is 544 g/mol. The normalized spacial score (nSPS) is 29.7. The first-order valence-corrected chi connectivity index (χ1v) is 12.8. The van der Waals surface area contributed by atoms with Crippen LogP contribution < -0.4 is 11.1 Å². The van der Waals surface area contributed by atoms with Gasteiger partial charge in [0.1, 0.15) is 22.9 Å². The number of rotatable bonds is 3. The first-order valence-electron chi connectivity index (χ1n) is 12.8. The third kappa shape index (κ3) is 3.54. The third-order valence-corrected chi connectivity index (χ3v) is 8.84. The largest absolute Gasteiger partial charge is 0.511 e. The number of benzene rings is 1. The predicted octanol–water partition coefficient (Wildman–Crippen LogP) is 1.52. The number of carbonyl (C=O) groups is 4. The molecule has 0 bridgehead atoms. The van der Waals surface area contributed by atoms with Gasteiger partial charge >= 0.3 is 0 Å². The van der Waals surface area contributed by atoms with Gasteiger partial charge in [-0.3, -0.25) is 24.1 Å². The van der Waals surface area contributed by atoms with E-state index in [0.29, 0.717) is 6.42 Å². The molecule has 1 aromatic rings. The number of likely N-dealkylation sites (N-methyl/N-ethyl adjacent to an activating group) is 1. The van der Waals surface area contributed by atoms with Gasteiger partial charge in [-0.1, -0.05) is 20.3 Å². The van der Waals surface area contributed by atoms with Gasteiger partial charge in [-0.25, -0.2) is 4.39 Å². The average Bonchev–Trinajstić information content (AvgIpc) is 2.99. The fraction of sp³-hybridized carbons (Fsp3) is 0.481. The van der Waals surface area contributed by atoms with Crippen LogP contribution in [0.1, 0.15) is 54.6 Å². The molecule has 0 saturated carbocycles. The van der Waals surface area contributed by atoms with Crippen LogP contribution in [0.25, 0.3) is 0 Å². The second-order valence-electron chi connectivity index (χ2n) is 11.0. The van der Waals surface area contributed by atoms with Crippen molar-refractivity contribution in [3.63, 3.8) is 0 Å². The van der Waals surface area contributed by atoms with Crippen molar-refractivity contribution in [2.24, 2.45) is 23.5 Å². The number of hydrogen-bond donors (Lipinski definition) is 6. The van der Waals surface area contributed by atoms with Gasteiger partial charge in [0, 0.05) is 35.6 Å². The Kier molecular flexibility index (Phi) is 6.11. The summed E-state index contributed by atoms with van der Waals surface area (Å²) in [6.07, 6.45) is 0.0314. The Balaban J connectivity index is 1.66. The third-order valence-electron chi connectivity index (χ3n) is 8.84. The number of ketones is 2. The van der Waals surface area contributed by atoms with E-state index in [-0.39, 0.29) is 48.5 Å². The van der Waals surface area contributed by atoms with Crippen LogP contribution in [0, 0.1) is 23.6 Å². The highest BCUT2D eigenvalue weighted by Crippen LogP contribution is 2.53. The van der Waals surface area contributed by atoms with E-state index in [4.69, 9.17) is 5.73 Å². The lowest BCUT2D eigenvalue weighted by Crippen LogP contribution is -2.57. The monoisotopic (exact) mass is 543 g/mol. The van der Waals surface area contributed by atoms with Gasteiger partial charge in [-0.05, 0) is 31.7 Å². The second-order valence-corrected chi connectivity index (χ2v) is 11.0. The number of anilines is 1. The lowest BCUT2D eigenvalue weighted by Gasteiger charge is -2.45. The van der Waals surface area contributed by atoms with E-state index in [9.17, 15) is 39.6 Å². The Bertz CT molecular complexity index is 1430. The van der Waals surface area contributed by atoms with E-state index in [1.165, 1.54) is 0 Å². The molecule has 5 rings (SSSR count). The summed E-state index contributed by atoms with van der Waals surface area (Å²) in [6, 6.07) is -0.619. The fourth-order valence-electron chi connectivity index (χ4n) is 6.71. The number of nitrogens with two attached hydrogens (primary N) is 1. The molecule has 0 saturated heterocycles. The number of allylic oxidation sites excluding steroid dienone is 2. The quantitative estimate of drug-likeness (QED) is 0.242. The van der Waals surface area contributed by atoms with Crippen molar-refractivity contribution in [2.45, 2.75) is 57.7 Å². The van der Waals surface area contributed by atoms with Gasteiger partial charge in [0.25, 0.3) is 5.91 Å². The van der Waals surface area contributed by atoms with Crippen LogP contribution in [0.4, 0.5) is 10.1 Å². The van der Waals surface area contributed by atoms with Crippen LogP contribution in [0.5, 0.6) is 5.75 Å². The van der Waals surface area contributed by atoms with E-state index >= 15 is 4.39 Å². The molecule has 12 heteroatoms. The molecule has 0 radical (unpaired) electrons. The standard InChI is InChI=1S/C27H30FN3O8/c1-4-9(2)20-26(38)30-19-13(8-31(20)3)18(28)12-6-10-5-11-7-14(32)17(25(29)37)24(36)27(11,39)23(35)15(10)21(33)16(12)22(19)34/h9-11,20,32,34-35,39H,4-8H2,1-3H3,(H2,29,37)(H,30,38)/t9?,10-,11+,20-,27+/m1/s1. The molecule has 39 heavy (non-hydrogen) atoms. The van der Waals surface area contributed by atoms with Crippen LogP contribution in [0.15, 0.2) is 22.7 Å². The smallest absolute Gasteiger partial charge is 0.255 e. The first kappa shape index (κ1) is 26.8. The highest BCUT2D eigenvalue weighted by atomic mass is 19.1. The highest BCUT2D eigenvalue weighted by molar-refractivity contribution is 6.24. The Morgan fingerprint density at radius 3 is 2.49 bits per heavy atom. The maximum Gasteiger partial charge on any atom is 0.255 e. The number of phenols is 1. The Labute approximate surface area is 222 Å². The summed E-state index contributed by atoms with van der Waals surface area (Å²) in [5.74, 6) is -9.29. The number of fused-ring (bicyclic) bond motifs is 4. The molecule has 3 aliphatic carbocycles. The van der Waals surface area contributed by atoms with Gasteiger partial charge in [-0.15, -0.1) is 0 Å². The number of nitrogens with one attached hydrogen (secondary N) is 1. The molecule has 0 spiro atoms. The van der Waals surface area contributed by atoms with Crippen molar-refractivity contribution in [3.05, 3.63) is 45.2 Å². The van der Waals surface area contributed by atoms with Crippen LogP contribution in [-0.4, -0.2) is 67.4 Å². The highest BCUT2D eigenvalue weighted by Gasteiger charge is 2.60. The minimum atomic E-state index is -2.71. The van der Waals surface area contributed by atoms with Crippen molar-refractivity contribution in [3.8, 4) is 5.75 Å². The van der Waals surface area contributed by atoms with Gasteiger partial charge in [0.2, 0.25) is 11.7 Å². The summed E-state index contributed by atoms with van der Waals surface area (Å²) >= 11 is 0. The van der Waals surface area contributed by atoms with Gasteiger partial charge < -0.3 is 31.5 Å². The van der Waals surface area contributed by atoms with E-state index in [1.807, 2.05) is 13.8 Å². The lowest BCUT2D eigenvalue weighted by molar-refractivity contribution is -0.144. The van der Waals surface area contributed by atoms with Crippen molar-refractivity contribution < 1.29 is 44.0 Å². The lowest BCUT2D eigenvalue weighted by atomic mass is 9.60. The molecule has 7 N–H and O–H groups in total. The molecule has 5 atom stereocenters. The summed E-state index contributed by atoms with van der Waals surface area (Å²) in [5, 5.41) is 46.5. The maximum atomic E-state index is 16.1. The zero-order chi connectivity index (χ0) is 28.7. The minimum absolute atomic E-state index is 0.0178. The number of phenolic OH excluding ortho intramolecular Hbond substituents is 1. The summed E-state index contributed by atoms with van der Waals surface area (Å²) in [7, 11) is 1.67. The topological polar surface area (TPSA) is 190 Å². The molecular weight excluding hydrogens is 513 g/mol. The number of amides is 2. The van der Waals surface area contributed by atoms with Crippen molar-refractivity contribution in [1.82, 2.24) is 4.90 Å². The molecule has 1 heterocycles. The summed E-state index contributed by atoms with van der Waals surface area (Å²) in [4.78, 5) is 53.3. The van der Waals surface area contributed by atoms with Crippen LogP contribution >= 0.6 is 0 Å². The zero-order valence-electron chi connectivity index (χ0n) is 21.7. The fourth-order valence-corrected chi connectivity index (χ4v) is 6.71. The van der Waals surface area contributed by atoms with Gasteiger partial charge in [0.15, 0.2) is 17.1 Å². The van der Waals surface area contributed by atoms with Crippen LogP contribution in [0.2, 0.25) is 0 Å². The van der Waals surface area contributed by atoms with Crippen LogP contribution in [0.3, 0.4) is 0 Å². The second kappa shape index (κ2) is 8.88. The molecular formula is C27H30FN3O8. The summed E-state index contributed by atoms with van der Waals surface area (Å²) in [6.45, 7) is 3.77. The van der Waals surface area contributed by atoms with Crippen molar-refractivity contribution >= 4 is 29.1 Å². The molecule has 0 fully saturated rings. The SMILES string of the molecule is CCC(C)[C@@H]1C(=O)Nc2c(O)c3c(c(F)c2CN1C)C[C@H]1C[C@H]2CC(O)=C(C(N)=O)C(=O)[C@@]2(O)C(O)=C1C3=O. The Morgan fingerprint density at radius 1 is 1.21 bits per heavy atom. The molecule has 1 aromatic carbocycles. The van der Waals surface area contributed by atoms with E-state index in [2.05, 4.69) is 5.32 Å².